The molecule has 4 aromatic carbocycles. The van der Waals surface area contributed by atoms with E-state index in [9.17, 15) is 18.3 Å². The maximum atomic E-state index is 13.4. The fourth-order valence-corrected chi connectivity index (χ4v) is 8.36. The largest absolute Gasteiger partial charge is 0.497 e. The fourth-order valence-electron chi connectivity index (χ4n) is 7.38. The SMILES string of the molecule is COCCCN1CCOc2ccc(CO[C@@H]3C[C@H](COS(=O)(=O)c4ccc(C)cc4)CN(C(=O)O)C3(Cc3ccccc3)c3ccc(OC)cc3)cc21. The van der Waals surface area contributed by atoms with Gasteiger partial charge in [-0.2, -0.15) is 8.42 Å². The van der Waals surface area contributed by atoms with Crippen molar-refractivity contribution in [2.24, 2.45) is 5.92 Å². The first-order valence-electron chi connectivity index (χ1n) is 17.9. The molecule has 0 radical (unpaired) electrons. The summed E-state index contributed by atoms with van der Waals surface area (Å²) in [7, 11) is -0.809. The molecule has 4 aromatic rings. The number of carbonyl (C=O) groups is 1. The van der Waals surface area contributed by atoms with Crippen molar-refractivity contribution in [3.8, 4) is 11.5 Å². The number of amides is 1. The minimum atomic E-state index is -4.09. The lowest BCUT2D eigenvalue weighted by molar-refractivity contribution is -0.120. The highest BCUT2D eigenvalue weighted by Gasteiger charge is 2.53. The summed E-state index contributed by atoms with van der Waals surface area (Å²) in [5, 5.41) is 11.0. The van der Waals surface area contributed by atoms with Crippen LogP contribution in [0.1, 0.15) is 35.1 Å². The minimum Gasteiger partial charge on any atom is -0.497 e. The number of nitrogens with zero attached hydrogens (tertiary/aromatic N) is 2. The van der Waals surface area contributed by atoms with Gasteiger partial charge in [0.1, 0.15) is 23.6 Å². The van der Waals surface area contributed by atoms with Crippen LogP contribution in [0.15, 0.2) is 102 Å². The molecule has 11 nitrogen and oxygen atoms in total. The molecule has 6 rings (SSSR count). The van der Waals surface area contributed by atoms with Gasteiger partial charge < -0.3 is 29.0 Å². The summed E-state index contributed by atoms with van der Waals surface area (Å²) in [6.07, 6.45) is -0.326. The van der Waals surface area contributed by atoms with Gasteiger partial charge in [0.2, 0.25) is 0 Å². The van der Waals surface area contributed by atoms with Gasteiger partial charge in [-0.1, -0.05) is 66.2 Å². The van der Waals surface area contributed by atoms with E-state index in [4.69, 9.17) is 23.1 Å². The number of likely N-dealkylation sites (tertiary alicyclic amines) is 1. The van der Waals surface area contributed by atoms with Gasteiger partial charge in [0.05, 0.1) is 43.6 Å². The Hall–Kier alpha value is -4.62. The van der Waals surface area contributed by atoms with E-state index in [1.54, 1.807) is 26.4 Å². The van der Waals surface area contributed by atoms with Crippen molar-refractivity contribution in [2.45, 2.75) is 49.3 Å². The van der Waals surface area contributed by atoms with Crippen molar-refractivity contribution in [2.75, 3.05) is 58.6 Å². The van der Waals surface area contributed by atoms with Gasteiger partial charge in [-0.05, 0) is 72.9 Å². The lowest BCUT2D eigenvalue weighted by Gasteiger charge is -2.53. The van der Waals surface area contributed by atoms with E-state index in [2.05, 4.69) is 11.0 Å². The van der Waals surface area contributed by atoms with E-state index < -0.39 is 33.8 Å². The van der Waals surface area contributed by atoms with Crippen LogP contribution in [0.2, 0.25) is 0 Å². The number of benzene rings is 4. The lowest BCUT2D eigenvalue weighted by atomic mass is 9.71. The molecule has 12 heteroatoms. The van der Waals surface area contributed by atoms with Gasteiger partial charge in [0.25, 0.3) is 10.1 Å². The highest BCUT2D eigenvalue weighted by molar-refractivity contribution is 7.86. The predicted molar refractivity (Wildman–Crippen MR) is 201 cm³/mol. The quantitative estimate of drug-likeness (QED) is 0.104. The van der Waals surface area contributed by atoms with E-state index in [0.29, 0.717) is 31.8 Å². The number of methoxy groups -OCH3 is 2. The summed E-state index contributed by atoms with van der Waals surface area (Å²) in [6.45, 7) is 4.69. The Balaban J connectivity index is 1.36. The van der Waals surface area contributed by atoms with Crippen molar-refractivity contribution in [1.82, 2.24) is 4.90 Å². The molecule has 282 valence electrons. The Morgan fingerprint density at radius 1 is 0.962 bits per heavy atom. The number of carboxylic acid groups (broad SMARTS) is 1. The molecule has 2 heterocycles. The zero-order valence-corrected chi connectivity index (χ0v) is 31.3. The topological polar surface area (TPSA) is 124 Å². The van der Waals surface area contributed by atoms with Gasteiger partial charge in [-0.25, -0.2) is 4.79 Å². The predicted octanol–water partition coefficient (Wildman–Crippen LogP) is 6.67. The second-order valence-corrected chi connectivity index (χ2v) is 15.3. The third kappa shape index (κ3) is 8.79. The first-order chi connectivity index (χ1) is 25.6. The van der Waals surface area contributed by atoms with Crippen molar-refractivity contribution < 1.29 is 41.4 Å². The molecule has 1 saturated heterocycles. The summed E-state index contributed by atoms with van der Waals surface area (Å²) in [5.74, 6) is 0.945. The van der Waals surface area contributed by atoms with Gasteiger partial charge in [0.15, 0.2) is 0 Å². The van der Waals surface area contributed by atoms with Gasteiger partial charge in [-0.15, -0.1) is 0 Å². The van der Waals surface area contributed by atoms with E-state index in [1.807, 2.05) is 73.7 Å². The molecule has 0 saturated carbocycles. The van der Waals surface area contributed by atoms with Crippen LogP contribution in [-0.2, 0) is 42.3 Å². The molecule has 3 atom stereocenters. The highest BCUT2D eigenvalue weighted by Crippen LogP contribution is 2.45. The third-order valence-corrected chi connectivity index (χ3v) is 11.4. The molecule has 0 aliphatic carbocycles. The smallest absolute Gasteiger partial charge is 0.408 e. The molecular formula is C41H48N2O9S. The van der Waals surface area contributed by atoms with Crippen molar-refractivity contribution >= 4 is 21.9 Å². The second kappa shape index (κ2) is 17.0. The number of anilines is 1. The number of hydrogen-bond acceptors (Lipinski definition) is 9. The summed E-state index contributed by atoms with van der Waals surface area (Å²) in [6, 6.07) is 29.6. The number of piperidine rings is 1. The Morgan fingerprint density at radius 3 is 2.42 bits per heavy atom. The first-order valence-corrected chi connectivity index (χ1v) is 19.3. The van der Waals surface area contributed by atoms with Gasteiger partial charge in [-0.3, -0.25) is 9.08 Å². The summed E-state index contributed by atoms with van der Waals surface area (Å²) in [4.78, 5) is 17.2. The molecule has 1 fully saturated rings. The first kappa shape index (κ1) is 38.1. The van der Waals surface area contributed by atoms with E-state index in [-0.39, 0.29) is 24.7 Å². The number of ether oxygens (including phenoxy) is 4. The molecule has 53 heavy (non-hydrogen) atoms. The van der Waals surface area contributed by atoms with Crippen LogP contribution in [0.25, 0.3) is 0 Å². The van der Waals surface area contributed by atoms with Crippen LogP contribution in [0.4, 0.5) is 10.5 Å². The average molecular weight is 745 g/mol. The molecule has 0 bridgehead atoms. The molecule has 0 aromatic heterocycles. The summed E-state index contributed by atoms with van der Waals surface area (Å²) in [5.41, 5.74) is 3.28. The maximum absolute atomic E-state index is 13.4. The van der Waals surface area contributed by atoms with Crippen molar-refractivity contribution in [3.05, 3.63) is 119 Å². The van der Waals surface area contributed by atoms with E-state index >= 15 is 0 Å². The average Bonchev–Trinajstić information content (AvgIpc) is 3.17. The second-order valence-electron chi connectivity index (χ2n) is 13.6. The molecule has 1 unspecified atom stereocenters. The third-order valence-electron chi connectivity index (χ3n) is 10.1. The highest BCUT2D eigenvalue weighted by atomic mass is 32.2. The molecule has 0 spiro atoms. The van der Waals surface area contributed by atoms with Crippen molar-refractivity contribution in [1.29, 1.82) is 0 Å². The van der Waals surface area contributed by atoms with Crippen LogP contribution < -0.4 is 14.4 Å². The van der Waals surface area contributed by atoms with Crippen LogP contribution in [-0.4, -0.2) is 84.3 Å². The Bertz CT molecular complexity index is 1920. The normalized spacial score (nSPS) is 20.1. The molecule has 1 amide bonds. The monoisotopic (exact) mass is 744 g/mol. The lowest BCUT2D eigenvalue weighted by Crippen LogP contribution is -2.63. The standard InChI is InChI=1S/C41H48N2O9S/c1-30-10-17-36(18-11-30)53(46,47)52-29-33-25-39(51-28-32-12-19-38-37(24-32)42(21-23-50-38)20-7-22-48-2)41(43(27-33)40(44)45,26-31-8-5-4-6-9-31)34-13-15-35(49-3)16-14-34/h4-6,8-19,24,33,39H,7,20-23,25-29H2,1-3H3,(H,44,45)/t33-,39+,41?/m0/s1. The zero-order chi connectivity index (χ0) is 37.4. The summed E-state index contributed by atoms with van der Waals surface area (Å²) >= 11 is 0. The zero-order valence-electron chi connectivity index (χ0n) is 30.5. The Kier molecular flexibility index (Phi) is 12.2. The number of fused-ring (bicyclic) bond motifs is 1. The van der Waals surface area contributed by atoms with E-state index in [1.165, 1.54) is 17.0 Å². The number of rotatable bonds is 15. The molecule has 2 aliphatic heterocycles. The van der Waals surface area contributed by atoms with Crippen LogP contribution >= 0.6 is 0 Å². The molecular weight excluding hydrogens is 697 g/mol. The van der Waals surface area contributed by atoms with Crippen LogP contribution in [0.5, 0.6) is 11.5 Å². The van der Waals surface area contributed by atoms with Crippen LogP contribution in [0.3, 0.4) is 0 Å². The van der Waals surface area contributed by atoms with Gasteiger partial charge in [0, 0.05) is 39.1 Å². The maximum Gasteiger partial charge on any atom is 0.408 e. The molecule has 2 aliphatic rings. The number of hydrogen-bond donors (Lipinski definition) is 1. The Morgan fingerprint density at radius 2 is 1.72 bits per heavy atom. The summed E-state index contributed by atoms with van der Waals surface area (Å²) < 4.78 is 55.8. The van der Waals surface area contributed by atoms with Crippen LogP contribution in [0, 0.1) is 12.8 Å². The fraction of sp³-hybridized carbons (Fsp3) is 0.390. The van der Waals surface area contributed by atoms with E-state index in [0.717, 1.165) is 53.2 Å². The number of aryl methyl sites for hydroxylation is 1. The Labute approximate surface area is 312 Å². The van der Waals surface area contributed by atoms with Crippen molar-refractivity contribution in [3.63, 3.8) is 0 Å². The minimum absolute atomic E-state index is 0.0318. The molecule has 1 N–H and O–H groups in total. The van der Waals surface area contributed by atoms with Gasteiger partial charge >= 0.3 is 6.09 Å².